The van der Waals surface area contributed by atoms with Crippen molar-refractivity contribution >= 4 is 5.78 Å². The normalized spacial score (nSPS) is 20.0. The summed E-state index contributed by atoms with van der Waals surface area (Å²) in [5, 5.41) is 3.25. The third-order valence-corrected chi connectivity index (χ3v) is 3.40. The van der Waals surface area contributed by atoms with Crippen molar-refractivity contribution in [3.05, 3.63) is 34.9 Å². The van der Waals surface area contributed by atoms with Crippen LogP contribution in [0.15, 0.2) is 18.2 Å². The van der Waals surface area contributed by atoms with Gasteiger partial charge in [-0.05, 0) is 49.9 Å². The standard InChI is InChI=1S/C14H19NO/c1-10-5-6-12(8-11(10)2)9-14(16)13-4-3-7-15-13/h5-6,8,13,15H,3-4,7,9H2,1-2H3. The van der Waals surface area contributed by atoms with E-state index in [0.29, 0.717) is 12.2 Å². The molecule has 1 aliphatic heterocycles. The topological polar surface area (TPSA) is 29.1 Å². The first-order valence-electron chi connectivity index (χ1n) is 5.99. The molecule has 1 saturated heterocycles. The Morgan fingerprint density at radius 1 is 1.38 bits per heavy atom. The molecule has 1 heterocycles. The highest BCUT2D eigenvalue weighted by Crippen LogP contribution is 2.13. The van der Waals surface area contributed by atoms with Crippen LogP contribution in [-0.2, 0) is 11.2 Å². The lowest BCUT2D eigenvalue weighted by Gasteiger charge is -2.09. The van der Waals surface area contributed by atoms with Gasteiger partial charge in [-0.15, -0.1) is 0 Å². The average Bonchev–Trinajstić information content (AvgIpc) is 2.77. The third kappa shape index (κ3) is 2.50. The number of carbonyl (C=O) groups is 1. The molecule has 1 N–H and O–H groups in total. The average molecular weight is 217 g/mol. The van der Waals surface area contributed by atoms with E-state index in [-0.39, 0.29) is 6.04 Å². The maximum atomic E-state index is 11.9. The van der Waals surface area contributed by atoms with Crippen LogP contribution in [0.5, 0.6) is 0 Å². The van der Waals surface area contributed by atoms with E-state index in [1.54, 1.807) is 0 Å². The van der Waals surface area contributed by atoms with E-state index in [1.807, 2.05) is 0 Å². The summed E-state index contributed by atoms with van der Waals surface area (Å²) in [7, 11) is 0. The number of ketones is 1. The molecule has 1 fully saturated rings. The Labute approximate surface area is 97.1 Å². The molecule has 1 aromatic rings. The highest BCUT2D eigenvalue weighted by atomic mass is 16.1. The van der Waals surface area contributed by atoms with Crippen LogP contribution >= 0.6 is 0 Å². The van der Waals surface area contributed by atoms with E-state index in [2.05, 4.69) is 37.4 Å². The van der Waals surface area contributed by atoms with E-state index in [0.717, 1.165) is 24.9 Å². The number of nitrogens with one attached hydrogen (secondary N) is 1. The lowest BCUT2D eigenvalue weighted by Crippen LogP contribution is -2.31. The van der Waals surface area contributed by atoms with Crippen molar-refractivity contribution in [3.63, 3.8) is 0 Å². The van der Waals surface area contributed by atoms with Gasteiger partial charge in [0, 0.05) is 6.42 Å². The van der Waals surface area contributed by atoms with E-state index in [9.17, 15) is 4.79 Å². The number of carbonyl (C=O) groups excluding carboxylic acids is 1. The zero-order chi connectivity index (χ0) is 11.5. The minimum Gasteiger partial charge on any atom is -0.307 e. The fourth-order valence-electron chi connectivity index (χ4n) is 2.20. The van der Waals surface area contributed by atoms with E-state index in [1.165, 1.54) is 11.1 Å². The molecule has 2 nitrogen and oxygen atoms in total. The van der Waals surface area contributed by atoms with Gasteiger partial charge in [0.25, 0.3) is 0 Å². The fourth-order valence-corrected chi connectivity index (χ4v) is 2.20. The highest BCUT2D eigenvalue weighted by molar-refractivity contribution is 5.86. The minimum absolute atomic E-state index is 0.0987. The van der Waals surface area contributed by atoms with Gasteiger partial charge in [0.15, 0.2) is 5.78 Å². The number of aryl methyl sites for hydroxylation is 2. The lowest BCUT2D eigenvalue weighted by molar-refractivity contribution is -0.120. The van der Waals surface area contributed by atoms with Crippen molar-refractivity contribution in [2.75, 3.05) is 6.54 Å². The quantitative estimate of drug-likeness (QED) is 0.840. The maximum absolute atomic E-state index is 11.9. The first-order chi connectivity index (χ1) is 7.66. The summed E-state index contributed by atoms with van der Waals surface area (Å²) >= 11 is 0. The molecule has 1 unspecified atom stereocenters. The number of hydrogen-bond donors (Lipinski definition) is 1. The van der Waals surface area contributed by atoms with Crippen LogP contribution in [0.25, 0.3) is 0 Å². The molecule has 0 spiro atoms. The monoisotopic (exact) mass is 217 g/mol. The van der Waals surface area contributed by atoms with E-state index < -0.39 is 0 Å². The predicted molar refractivity (Wildman–Crippen MR) is 65.7 cm³/mol. The molecule has 2 rings (SSSR count). The summed E-state index contributed by atoms with van der Waals surface area (Å²) in [5.74, 6) is 0.334. The zero-order valence-corrected chi connectivity index (χ0v) is 10.0. The number of hydrogen-bond acceptors (Lipinski definition) is 2. The van der Waals surface area contributed by atoms with Gasteiger partial charge in [-0.3, -0.25) is 4.79 Å². The van der Waals surface area contributed by atoms with Crippen LogP contribution < -0.4 is 5.32 Å². The summed E-state index contributed by atoms with van der Waals surface area (Å²) in [5.41, 5.74) is 3.70. The molecular formula is C14H19NO. The molecule has 1 atom stereocenters. The number of rotatable bonds is 3. The molecule has 1 aliphatic rings. The molecule has 1 aromatic carbocycles. The Bertz CT molecular complexity index is 392. The summed E-state index contributed by atoms with van der Waals surface area (Å²) in [6.45, 7) is 5.18. The second kappa shape index (κ2) is 4.79. The summed E-state index contributed by atoms with van der Waals surface area (Å²) in [6.07, 6.45) is 2.70. The molecule has 0 saturated carbocycles. The molecule has 16 heavy (non-hydrogen) atoms. The smallest absolute Gasteiger partial charge is 0.154 e. The van der Waals surface area contributed by atoms with Crippen molar-refractivity contribution < 1.29 is 4.79 Å². The van der Waals surface area contributed by atoms with Crippen molar-refractivity contribution in [2.24, 2.45) is 0 Å². The predicted octanol–water partition coefficient (Wildman–Crippen LogP) is 2.17. The van der Waals surface area contributed by atoms with Crippen molar-refractivity contribution in [1.82, 2.24) is 5.32 Å². The fraction of sp³-hybridized carbons (Fsp3) is 0.500. The Hall–Kier alpha value is -1.15. The van der Waals surface area contributed by atoms with E-state index >= 15 is 0 Å². The first kappa shape index (κ1) is 11.3. The zero-order valence-electron chi connectivity index (χ0n) is 10.0. The third-order valence-electron chi connectivity index (χ3n) is 3.40. The number of Topliss-reactive ketones (excluding diaryl/α,β-unsaturated/α-hetero) is 1. The Morgan fingerprint density at radius 3 is 2.81 bits per heavy atom. The minimum atomic E-state index is 0.0987. The van der Waals surface area contributed by atoms with Gasteiger partial charge < -0.3 is 5.32 Å². The van der Waals surface area contributed by atoms with Crippen molar-refractivity contribution in [1.29, 1.82) is 0 Å². The molecule has 86 valence electrons. The van der Waals surface area contributed by atoms with Crippen LogP contribution in [0.3, 0.4) is 0 Å². The van der Waals surface area contributed by atoms with Gasteiger partial charge in [-0.1, -0.05) is 18.2 Å². The van der Waals surface area contributed by atoms with Gasteiger partial charge in [-0.25, -0.2) is 0 Å². The van der Waals surface area contributed by atoms with Crippen molar-refractivity contribution in [2.45, 2.75) is 39.2 Å². The van der Waals surface area contributed by atoms with Gasteiger partial charge in [0.05, 0.1) is 6.04 Å². The molecule has 0 aliphatic carbocycles. The van der Waals surface area contributed by atoms with Crippen LogP contribution in [0, 0.1) is 13.8 Å². The van der Waals surface area contributed by atoms with Crippen LogP contribution in [0.1, 0.15) is 29.5 Å². The van der Waals surface area contributed by atoms with Gasteiger partial charge in [0.2, 0.25) is 0 Å². The molecule has 0 bridgehead atoms. The Balaban J connectivity index is 2.02. The summed E-state index contributed by atoms with van der Waals surface area (Å²) < 4.78 is 0. The molecule has 0 radical (unpaired) electrons. The van der Waals surface area contributed by atoms with Crippen LogP contribution in [0.2, 0.25) is 0 Å². The van der Waals surface area contributed by atoms with Gasteiger partial charge in [-0.2, -0.15) is 0 Å². The van der Waals surface area contributed by atoms with Gasteiger partial charge >= 0.3 is 0 Å². The van der Waals surface area contributed by atoms with Crippen molar-refractivity contribution in [3.8, 4) is 0 Å². The Kier molecular flexibility index (Phi) is 3.39. The van der Waals surface area contributed by atoms with Crippen LogP contribution in [-0.4, -0.2) is 18.4 Å². The second-order valence-electron chi connectivity index (χ2n) is 4.71. The lowest BCUT2D eigenvalue weighted by atomic mass is 9.99. The SMILES string of the molecule is Cc1ccc(CC(=O)C2CCCN2)cc1C. The van der Waals surface area contributed by atoms with Crippen LogP contribution in [0.4, 0.5) is 0 Å². The summed E-state index contributed by atoms with van der Waals surface area (Å²) in [4.78, 5) is 11.9. The van der Waals surface area contributed by atoms with E-state index in [4.69, 9.17) is 0 Å². The Morgan fingerprint density at radius 2 is 2.19 bits per heavy atom. The molecule has 2 heteroatoms. The maximum Gasteiger partial charge on any atom is 0.154 e. The summed E-state index contributed by atoms with van der Waals surface area (Å²) in [6, 6.07) is 6.39. The number of benzene rings is 1. The largest absolute Gasteiger partial charge is 0.307 e. The second-order valence-corrected chi connectivity index (χ2v) is 4.71. The first-order valence-corrected chi connectivity index (χ1v) is 5.99. The molecule has 0 aromatic heterocycles. The molecule has 0 amide bonds. The highest BCUT2D eigenvalue weighted by Gasteiger charge is 2.21. The van der Waals surface area contributed by atoms with Gasteiger partial charge in [0.1, 0.15) is 0 Å². The molecular weight excluding hydrogens is 198 g/mol.